The number of fused-ring (bicyclic) bond motifs is 1. The lowest BCUT2D eigenvalue weighted by Crippen LogP contribution is -2.30. The summed E-state index contributed by atoms with van der Waals surface area (Å²) in [5.41, 5.74) is -0.103. The Bertz CT molecular complexity index is 1040. The molecule has 0 aliphatic rings. The van der Waals surface area contributed by atoms with Crippen molar-refractivity contribution in [1.82, 2.24) is 4.57 Å². The zero-order valence-electron chi connectivity index (χ0n) is 15.0. The average Bonchev–Trinajstić information content (AvgIpc) is 2.64. The molecular formula is C21H21FN2O3. The summed E-state index contributed by atoms with van der Waals surface area (Å²) in [7, 11) is 0. The molecule has 1 aromatic heterocycles. The first-order chi connectivity index (χ1) is 13.0. The van der Waals surface area contributed by atoms with Gasteiger partial charge in [-0.25, -0.2) is 4.39 Å². The van der Waals surface area contributed by atoms with Gasteiger partial charge in [-0.2, -0.15) is 0 Å². The van der Waals surface area contributed by atoms with Gasteiger partial charge in [0, 0.05) is 17.6 Å². The van der Waals surface area contributed by atoms with Crippen LogP contribution in [0.15, 0.2) is 53.3 Å². The van der Waals surface area contributed by atoms with Gasteiger partial charge in [0.05, 0.1) is 5.52 Å². The van der Waals surface area contributed by atoms with Crippen molar-refractivity contribution in [3.63, 3.8) is 0 Å². The summed E-state index contributed by atoms with van der Waals surface area (Å²) in [4.78, 5) is 25.7. The Labute approximate surface area is 156 Å². The summed E-state index contributed by atoms with van der Waals surface area (Å²) < 4.78 is 14.9. The molecule has 0 spiro atoms. The SMILES string of the molecule is CCCCCn1c(=O)c(C(=O)Nc2cccc(F)c2)c(O)c2ccccc21. The second kappa shape index (κ2) is 8.03. The van der Waals surface area contributed by atoms with Crippen LogP contribution in [-0.2, 0) is 6.54 Å². The number of nitrogens with one attached hydrogen (secondary N) is 1. The fourth-order valence-electron chi connectivity index (χ4n) is 3.10. The van der Waals surface area contributed by atoms with Gasteiger partial charge >= 0.3 is 0 Å². The van der Waals surface area contributed by atoms with Crippen molar-refractivity contribution in [3.05, 3.63) is 70.3 Å². The van der Waals surface area contributed by atoms with Crippen LogP contribution < -0.4 is 10.9 Å². The summed E-state index contributed by atoms with van der Waals surface area (Å²) in [6.07, 6.45) is 2.74. The van der Waals surface area contributed by atoms with E-state index >= 15 is 0 Å². The lowest BCUT2D eigenvalue weighted by Gasteiger charge is -2.15. The van der Waals surface area contributed by atoms with Crippen LogP contribution in [0.25, 0.3) is 10.9 Å². The number of pyridine rings is 1. The topological polar surface area (TPSA) is 71.3 Å². The number of aromatic nitrogens is 1. The van der Waals surface area contributed by atoms with Crippen LogP contribution in [0.4, 0.5) is 10.1 Å². The van der Waals surface area contributed by atoms with Crippen LogP contribution in [-0.4, -0.2) is 15.6 Å². The number of hydrogen-bond acceptors (Lipinski definition) is 3. The number of aryl methyl sites for hydroxylation is 1. The Kier molecular flexibility index (Phi) is 5.54. The predicted molar refractivity (Wildman–Crippen MR) is 104 cm³/mol. The number of para-hydroxylation sites is 1. The molecule has 3 aromatic rings. The van der Waals surface area contributed by atoms with E-state index in [1.165, 1.54) is 22.8 Å². The molecule has 0 saturated heterocycles. The number of carbonyl (C=O) groups excluding carboxylic acids is 1. The molecule has 6 heteroatoms. The maximum Gasteiger partial charge on any atom is 0.267 e. The largest absolute Gasteiger partial charge is 0.506 e. The van der Waals surface area contributed by atoms with E-state index in [2.05, 4.69) is 12.2 Å². The van der Waals surface area contributed by atoms with E-state index in [9.17, 15) is 19.1 Å². The molecule has 0 bridgehead atoms. The number of anilines is 1. The normalized spacial score (nSPS) is 10.9. The van der Waals surface area contributed by atoms with Crippen LogP contribution >= 0.6 is 0 Å². The lowest BCUT2D eigenvalue weighted by molar-refractivity contribution is 0.102. The van der Waals surface area contributed by atoms with Crippen LogP contribution in [0.2, 0.25) is 0 Å². The van der Waals surface area contributed by atoms with Gasteiger partial charge in [0.2, 0.25) is 0 Å². The average molecular weight is 368 g/mol. The monoisotopic (exact) mass is 368 g/mol. The van der Waals surface area contributed by atoms with Crippen molar-refractivity contribution < 1.29 is 14.3 Å². The van der Waals surface area contributed by atoms with E-state index < -0.39 is 17.3 Å². The molecule has 0 fully saturated rings. The highest BCUT2D eigenvalue weighted by atomic mass is 19.1. The van der Waals surface area contributed by atoms with E-state index in [0.29, 0.717) is 17.4 Å². The first-order valence-electron chi connectivity index (χ1n) is 8.94. The minimum atomic E-state index is -0.766. The minimum Gasteiger partial charge on any atom is -0.506 e. The van der Waals surface area contributed by atoms with Crippen molar-refractivity contribution in [1.29, 1.82) is 0 Å². The molecule has 1 heterocycles. The molecule has 2 aromatic carbocycles. The standard InChI is InChI=1S/C21H21FN2O3/c1-2-3-6-12-24-17-11-5-4-10-16(17)19(25)18(21(24)27)20(26)23-15-9-7-8-14(22)13-15/h4-5,7-11,13,25H,2-3,6,12H2,1H3,(H,23,26). The predicted octanol–water partition coefficient (Wildman–Crippen LogP) is 4.29. The number of amides is 1. The zero-order chi connectivity index (χ0) is 19.4. The first kappa shape index (κ1) is 18.6. The highest BCUT2D eigenvalue weighted by Gasteiger charge is 2.22. The number of rotatable bonds is 6. The van der Waals surface area contributed by atoms with Crippen LogP contribution in [0.5, 0.6) is 5.75 Å². The third kappa shape index (κ3) is 3.84. The molecule has 0 aliphatic carbocycles. The smallest absolute Gasteiger partial charge is 0.267 e. The molecule has 1 amide bonds. The molecule has 140 valence electrons. The van der Waals surface area contributed by atoms with E-state index in [1.807, 2.05) is 0 Å². The fourth-order valence-corrected chi connectivity index (χ4v) is 3.10. The number of hydrogen-bond donors (Lipinski definition) is 2. The number of carbonyl (C=O) groups is 1. The molecule has 0 unspecified atom stereocenters. The van der Waals surface area contributed by atoms with E-state index in [0.717, 1.165) is 25.3 Å². The van der Waals surface area contributed by atoms with Gasteiger partial charge in [-0.1, -0.05) is 38.0 Å². The van der Waals surface area contributed by atoms with E-state index in [-0.39, 0.29) is 17.0 Å². The Morgan fingerprint density at radius 2 is 1.93 bits per heavy atom. The maximum atomic E-state index is 13.4. The molecule has 2 N–H and O–H groups in total. The first-order valence-corrected chi connectivity index (χ1v) is 8.94. The van der Waals surface area contributed by atoms with Crippen LogP contribution in [0, 0.1) is 5.82 Å². The number of nitrogens with zero attached hydrogens (tertiary/aromatic N) is 1. The van der Waals surface area contributed by atoms with Gasteiger partial charge in [0.1, 0.15) is 17.1 Å². The van der Waals surface area contributed by atoms with Crippen molar-refractivity contribution in [2.45, 2.75) is 32.7 Å². The lowest BCUT2D eigenvalue weighted by atomic mass is 10.1. The Balaban J connectivity index is 2.08. The Morgan fingerprint density at radius 1 is 1.15 bits per heavy atom. The molecule has 0 saturated carbocycles. The van der Waals surface area contributed by atoms with Gasteiger partial charge in [0.25, 0.3) is 11.5 Å². The molecule has 27 heavy (non-hydrogen) atoms. The molecule has 0 aliphatic heterocycles. The minimum absolute atomic E-state index is 0.212. The summed E-state index contributed by atoms with van der Waals surface area (Å²) in [5.74, 6) is -1.64. The van der Waals surface area contributed by atoms with Gasteiger partial charge in [-0.15, -0.1) is 0 Å². The summed E-state index contributed by atoms with van der Waals surface area (Å²) in [5, 5.41) is 13.5. The molecule has 5 nitrogen and oxygen atoms in total. The quantitative estimate of drug-likeness (QED) is 0.638. The third-order valence-corrected chi connectivity index (χ3v) is 4.44. The maximum absolute atomic E-state index is 13.4. The van der Waals surface area contributed by atoms with Gasteiger partial charge in [-0.3, -0.25) is 9.59 Å². The highest BCUT2D eigenvalue weighted by molar-refractivity contribution is 6.09. The summed E-state index contributed by atoms with van der Waals surface area (Å²) >= 11 is 0. The van der Waals surface area contributed by atoms with E-state index in [4.69, 9.17) is 0 Å². The Morgan fingerprint density at radius 3 is 2.67 bits per heavy atom. The number of halogens is 1. The van der Waals surface area contributed by atoms with Crippen molar-refractivity contribution >= 4 is 22.5 Å². The van der Waals surface area contributed by atoms with Crippen molar-refractivity contribution in [2.24, 2.45) is 0 Å². The van der Waals surface area contributed by atoms with Gasteiger partial charge in [0.15, 0.2) is 0 Å². The second-order valence-electron chi connectivity index (χ2n) is 6.37. The van der Waals surface area contributed by atoms with Crippen molar-refractivity contribution in [3.8, 4) is 5.75 Å². The number of unbranched alkanes of at least 4 members (excludes halogenated alkanes) is 2. The van der Waals surface area contributed by atoms with Gasteiger partial charge in [-0.05, 0) is 36.8 Å². The zero-order valence-corrected chi connectivity index (χ0v) is 15.0. The highest BCUT2D eigenvalue weighted by Crippen LogP contribution is 2.27. The molecule has 3 rings (SSSR count). The third-order valence-electron chi connectivity index (χ3n) is 4.44. The number of benzene rings is 2. The van der Waals surface area contributed by atoms with Crippen molar-refractivity contribution in [2.75, 3.05) is 5.32 Å². The van der Waals surface area contributed by atoms with Crippen LogP contribution in [0.3, 0.4) is 0 Å². The fraction of sp³-hybridized carbons (Fsp3) is 0.238. The molecule has 0 radical (unpaired) electrons. The van der Waals surface area contributed by atoms with E-state index in [1.54, 1.807) is 24.3 Å². The number of aromatic hydroxyl groups is 1. The molecule has 0 atom stereocenters. The summed E-state index contributed by atoms with van der Waals surface area (Å²) in [6, 6.07) is 12.3. The Hall–Kier alpha value is -3.15. The van der Waals surface area contributed by atoms with Gasteiger partial charge < -0.3 is 15.0 Å². The summed E-state index contributed by atoms with van der Waals surface area (Å²) in [6.45, 7) is 2.52. The second-order valence-corrected chi connectivity index (χ2v) is 6.37. The molecular weight excluding hydrogens is 347 g/mol. The van der Waals surface area contributed by atoms with Crippen LogP contribution in [0.1, 0.15) is 36.5 Å².